The smallest absolute Gasteiger partial charge is 0.230 e. The summed E-state index contributed by atoms with van der Waals surface area (Å²) in [6.45, 7) is 4.10. The molecule has 20 heavy (non-hydrogen) atoms. The van der Waals surface area contributed by atoms with Crippen molar-refractivity contribution in [3.8, 4) is 0 Å². The first-order valence-corrected chi connectivity index (χ1v) is 8.45. The van der Waals surface area contributed by atoms with E-state index >= 15 is 0 Å². The molecule has 0 saturated carbocycles. The molecule has 1 saturated heterocycles. The van der Waals surface area contributed by atoms with Crippen molar-refractivity contribution in [1.29, 1.82) is 0 Å². The summed E-state index contributed by atoms with van der Waals surface area (Å²) < 4.78 is 0. The Morgan fingerprint density at radius 1 is 1.45 bits per heavy atom. The predicted molar refractivity (Wildman–Crippen MR) is 86.4 cm³/mol. The Bertz CT molecular complexity index is 449. The van der Waals surface area contributed by atoms with Crippen LogP contribution in [-0.4, -0.2) is 30.0 Å². The van der Waals surface area contributed by atoms with Crippen LogP contribution in [0.4, 0.5) is 0 Å². The van der Waals surface area contributed by atoms with E-state index in [2.05, 4.69) is 10.6 Å². The number of benzene rings is 1. The number of carbonyl (C=O) groups is 1. The molecule has 110 valence electrons. The van der Waals surface area contributed by atoms with Gasteiger partial charge in [0.25, 0.3) is 0 Å². The van der Waals surface area contributed by atoms with Crippen molar-refractivity contribution in [1.82, 2.24) is 10.6 Å². The Labute approximate surface area is 129 Å². The Morgan fingerprint density at radius 2 is 2.15 bits per heavy atom. The monoisotopic (exact) mass is 312 g/mol. The normalized spacial score (nSPS) is 17.7. The number of rotatable bonds is 5. The van der Waals surface area contributed by atoms with Gasteiger partial charge in [0.15, 0.2) is 0 Å². The molecule has 1 aromatic rings. The van der Waals surface area contributed by atoms with Gasteiger partial charge in [-0.15, -0.1) is 11.8 Å². The maximum atomic E-state index is 12.0. The van der Waals surface area contributed by atoms with Gasteiger partial charge in [0, 0.05) is 10.3 Å². The van der Waals surface area contributed by atoms with E-state index in [-0.39, 0.29) is 11.9 Å². The van der Waals surface area contributed by atoms with Crippen molar-refractivity contribution in [3.63, 3.8) is 0 Å². The molecule has 1 aliphatic heterocycles. The van der Waals surface area contributed by atoms with Crippen LogP contribution in [0.2, 0.25) is 5.02 Å². The lowest BCUT2D eigenvalue weighted by Crippen LogP contribution is -2.32. The number of piperidine rings is 1. The molecule has 0 radical (unpaired) electrons. The van der Waals surface area contributed by atoms with Crippen LogP contribution in [-0.2, 0) is 4.79 Å². The van der Waals surface area contributed by atoms with Crippen LogP contribution in [0.15, 0.2) is 24.3 Å². The predicted octanol–water partition coefficient (Wildman–Crippen LogP) is 3.00. The van der Waals surface area contributed by atoms with Gasteiger partial charge in [-0.1, -0.05) is 29.8 Å². The van der Waals surface area contributed by atoms with Gasteiger partial charge in [0.1, 0.15) is 0 Å². The molecule has 1 amide bonds. The van der Waals surface area contributed by atoms with E-state index in [1.165, 1.54) is 0 Å². The number of halogens is 1. The fraction of sp³-hybridized carbons (Fsp3) is 0.533. The molecule has 1 heterocycles. The summed E-state index contributed by atoms with van der Waals surface area (Å²) in [5, 5.41) is 7.66. The van der Waals surface area contributed by atoms with Gasteiger partial charge in [0.2, 0.25) is 5.91 Å². The SMILES string of the molecule is CC(NC(=O)CSC1CCNCC1)c1ccccc1Cl. The highest BCUT2D eigenvalue weighted by Gasteiger charge is 2.16. The largest absolute Gasteiger partial charge is 0.349 e. The lowest BCUT2D eigenvalue weighted by molar-refractivity contribution is -0.119. The highest BCUT2D eigenvalue weighted by atomic mass is 35.5. The highest BCUT2D eigenvalue weighted by Crippen LogP contribution is 2.23. The van der Waals surface area contributed by atoms with Gasteiger partial charge in [0.05, 0.1) is 11.8 Å². The van der Waals surface area contributed by atoms with Crippen molar-refractivity contribution >= 4 is 29.3 Å². The molecule has 2 N–H and O–H groups in total. The summed E-state index contributed by atoms with van der Waals surface area (Å²) in [7, 11) is 0. The van der Waals surface area contributed by atoms with Crippen LogP contribution in [0, 0.1) is 0 Å². The maximum absolute atomic E-state index is 12.0. The van der Waals surface area contributed by atoms with Crippen LogP contribution in [0.1, 0.15) is 31.4 Å². The van der Waals surface area contributed by atoms with Gasteiger partial charge in [-0.05, 0) is 44.5 Å². The third kappa shape index (κ3) is 4.69. The van der Waals surface area contributed by atoms with E-state index in [4.69, 9.17) is 11.6 Å². The number of hydrogen-bond donors (Lipinski definition) is 2. The first-order valence-electron chi connectivity index (χ1n) is 7.03. The first-order chi connectivity index (χ1) is 9.66. The second-order valence-corrected chi connectivity index (χ2v) is 6.77. The standard InChI is InChI=1S/C15H21ClN2OS/c1-11(13-4-2-3-5-14(13)16)18-15(19)10-20-12-6-8-17-9-7-12/h2-5,11-12,17H,6-10H2,1H3,(H,18,19). The zero-order valence-corrected chi connectivity index (χ0v) is 13.3. The lowest BCUT2D eigenvalue weighted by Gasteiger charge is -2.22. The Hall–Kier alpha value is -0.710. The zero-order chi connectivity index (χ0) is 14.4. The number of nitrogens with one attached hydrogen (secondary N) is 2. The molecule has 0 spiro atoms. The van der Waals surface area contributed by atoms with Crippen LogP contribution in [0.3, 0.4) is 0 Å². The molecule has 1 fully saturated rings. The highest BCUT2D eigenvalue weighted by molar-refractivity contribution is 8.00. The second kappa shape index (κ2) is 7.91. The van der Waals surface area contributed by atoms with Gasteiger partial charge < -0.3 is 10.6 Å². The molecule has 1 unspecified atom stereocenters. The second-order valence-electron chi connectivity index (χ2n) is 5.07. The third-order valence-corrected chi connectivity index (χ3v) is 5.20. The van der Waals surface area contributed by atoms with Gasteiger partial charge in [-0.3, -0.25) is 4.79 Å². The van der Waals surface area contributed by atoms with Crippen molar-refractivity contribution in [2.75, 3.05) is 18.8 Å². The Balaban J connectivity index is 1.77. The quantitative estimate of drug-likeness (QED) is 0.878. The summed E-state index contributed by atoms with van der Waals surface area (Å²) in [4.78, 5) is 12.0. The fourth-order valence-corrected chi connectivity index (χ4v) is 3.68. The van der Waals surface area contributed by atoms with E-state index in [1.807, 2.05) is 31.2 Å². The molecule has 0 aliphatic carbocycles. The Morgan fingerprint density at radius 3 is 2.85 bits per heavy atom. The van der Waals surface area contributed by atoms with E-state index < -0.39 is 0 Å². The molecular weight excluding hydrogens is 292 g/mol. The van der Waals surface area contributed by atoms with E-state index in [0.717, 1.165) is 31.5 Å². The van der Waals surface area contributed by atoms with Gasteiger partial charge >= 0.3 is 0 Å². The van der Waals surface area contributed by atoms with Crippen LogP contribution < -0.4 is 10.6 Å². The van der Waals surface area contributed by atoms with Crippen molar-refractivity contribution in [3.05, 3.63) is 34.9 Å². The summed E-state index contributed by atoms with van der Waals surface area (Å²) in [5.74, 6) is 0.611. The maximum Gasteiger partial charge on any atom is 0.230 e. The molecule has 1 aromatic carbocycles. The number of amides is 1. The number of hydrogen-bond acceptors (Lipinski definition) is 3. The first kappa shape index (κ1) is 15.7. The van der Waals surface area contributed by atoms with Crippen LogP contribution in [0.25, 0.3) is 0 Å². The van der Waals surface area contributed by atoms with E-state index in [0.29, 0.717) is 16.0 Å². The summed E-state index contributed by atoms with van der Waals surface area (Å²) >= 11 is 7.90. The number of carbonyl (C=O) groups excluding carboxylic acids is 1. The Kier molecular flexibility index (Phi) is 6.20. The van der Waals surface area contributed by atoms with E-state index in [9.17, 15) is 4.79 Å². The molecular formula is C15H21ClN2OS. The summed E-state index contributed by atoms with van der Waals surface area (Å²) in [5.41, 5.74) is 0.967. The molecule has 1 aliphatic rings. The topological polar surface area (TPSA) is 41.1 Å². The fourth-order valence-electron chi connectivity index (χ4n) is 2.34. The molecule has 3 nitrogen and oxygen atoms in total. The molecule has 2 rings (SSSR count). The van der Waals surface area contributed by atoms with Crippen molar-refractivity contribution in [2.45, 2.75) is 31.1 Å². The average Bonchev–Trinajstić information content (AvgIpc) is 2.46. The third-order valence-electron chi connectivity index (χ3n) is 3.49. The molecule has 1 atom stereocenters. The molecule has 0 bridgehead atoms. The average molecular weight is 313 g/mol. The van der Waals surface area contributed by atoms with E-state index in [1.54, 1.807) is 11.8 Å². The minimum atomic E-state index is -0.0511. The summed E-state index contributed by atoms with van der Waals surface area (Å²) in [6.07, 6.45) is 2.30. The van der Waals surface area contributed by atoms with Gasteiger partial charge in [-0.2, -0.15) is 0 Å². The van der Waals surface area contributed by atoms with Crippen LogP contribution >= 0.6 is 23.4 Å². The zero-order valence-electron chi connectivity index (χ0n) is 11.7. The summed E-state index contributed by atoms with van der Waals surface area (Å²) in [6, 6.07) is 7.59. The minimum absolute atomic E-state index is 0.0511. The molecule has 0 aromatic heterocycles. The van der Waals surface area contributed by atoms with Crippen molar-refractivity contribution in [2.24, 2.45) is 0 Å². The van der Waals surface area contributed by atoms with Crippen LogP contribution in [0.5, 0.6) is 0 Å². The lowest BCUT2D eigenvalue weighted by atomic mass is 10.1. The number of thioether (sulfide) groups is 1. The minimum Gasteiger partial charge on any atom is -0.349 e. The van der Waals surface area contributed by atoms with Crippen molar-refractivity contribution < 1.29 is 4.79 Å². The molecule has 5 heteroatoms. The van der Waals surface area contributed by atoms with Gasteiger partial charge in [-0.25, -0.2) is 0 Å².